The second kappa shape index (κ2) is 7.50. The van der Waals surface area contributed by atoms with Gasteiger partial charge in [0.05, 0.1) is 17.8 Å². The van der Waals surface area contributed by atoms with E-state index in [0.29, 0.717) is 23.1 Å². The Hall–Kier alpha value is -2.26. The molecule has 108 valence electrons. The first-order chi connectivity index (χ1) is 10.2. The zero-order chi connectivity index (χ0) is 15.1. The highest BCUT2D eigenvalue weighted by atomic mass is 35.5. The number of hydrogen-bond donors (Lipinski definition) is 0. The zero-order valence-electron chi connectivity index (χ0n) is 11.8. The summed E-state index contributed by atoms with van der Waals surface area (Å²) in [5, 5.41) is 0.478. The fourth-order valence-corrected chi connectivity index (χ4v) is 2.03. The largest absolute Gasteiger partial charge is 0.493 e. The SMILES string of the molecule is C=CCOc1c(Cl)cc(C=Nc2ccccc2)cc1OC. The summed E-state index contributed by atoms with van der Waals surface area (Å²) in [4.78, 5) is 4.39. The molecule has 21 heavy (non-hydrogen) atoms. The van der Waals surface area contributed by atoms with Crippen LogP contribution in [0, 0.1) is 0 Å². The Labute approximate surface area is 129 Å². The van der Waals surface area contributed by atoms with Crippen molar-refractivity contribution in [2.24, 2.45) is 4.99 Å². The molecule has 0 saturated carbocycles. The predicted molar refractivity (Wildman–Crippen MR) is 87.4 cm³/mol. The van der Waals surface area contributed by atoms with Crippen LogP contribution in [0.5, 0.6) is 11.5 Å². The lowest BCUT2D eigenvalue weighted by molar-refractivity contribution is 0.326. The first-order valence-electron chi connectivity index (χ1n) is 6.45. The minimum atomic E-state index is 0.369. The van der Waals surface area contributed by atoms with E-state index in [0.717, 1.165) is 11.3 Å². The van der Waals surface area contributed by atoms with Gasteiger partial charge in [-0.25, -0.2) is 0 Å². The van der Waals surface area contributed by atoms with Crippen LogP contribution in [0.1, 0.15) is 5.56 Å². The molecule has 2 aromatic rings. The molecule has 4 heteroatoms. The summed E-state index contributed by atoms with van der Waals surface area (Å²) in [6.45, 7) is 3.98. The van der Waals surface area contributed by atoms with Gasteiger partial charge in [-0.1, -0.05) is 42.5 Å². The third-order valence-electron chi connectivity index (χ3n) is 2.72. The van der Waals surface area contributed by atoms with E-state index in [1.54, 1.807) is 25.5 Å². The van der Waals surface area contributed by atoms with Gasteiger partial charge in [0.25, 0.3) is 0 Å². The highest BCUT2D eigenvalue weighted by Crippen LogP contribution is 2.36. The van der Waals surface area contributed by atoms with Crippen molar-refractivity contribution in [3.63, 3.8) is 0 Å². The van der Waals surface area contributed by atoms with Gasteiger partial charge in [0.15, 0.2) is 11.5 Å². The summed E-state index contributed by atoms with van der Waals surface area (Å²) in [6.07, 6.45) is 3.39. The maximum atomic E-state index is 6.23. The number of aliphatic imine (C=N–C) groups is 1. The van der Waals surface area contributed by atoms with E-state index in [2.05, 4.69) is 11.6 Å². The number of rotatable bonds is 6. The molecule has 2 aromatic carbocycles. The lowest BCUT2D eigenvalue weighted by Crippen LogP contribution is -1.98. The standard InChI is InChI=1S/C17H16ClNO2/c1-3-9-21-17-15(18)10-13(11-16(17)20-2)12-19-14-7-5-4-6-8-14/h3-8,10-12H,1,9H2,2H3. The first-order valence-corrected chi connectivity index (χ1v) is 6.82. The number of benzene rings is 2. The molecule has 0 aliphatic rings. The van der Waals surface area contributed by atoms with Crippen LogP contribution in [0.25, 0.3) is 0 Å². The van der Waals surface area contributed by atoms with Gasteiger partial charge in [0.2, 0.25) is 0 Å². The van der Waals surface area contributed by atoms with Crippen molar-refractivity contribution < 1.29 is 9.47 Å². The van der Waals surface area contributed by atoms with E-state index in [4.69, 9.17) is 21.1 Å². The molecule has 0 fully saturated rings. The monoisotopic (exact) mass is 301 g/mol. The van der Waals surface area contributed by atoms with E-state index in [9.17, 15) is 0 Å². The highest BCUT2D eigenvalue weighted by molar-refractivity contribution is 6.32. The van der Waals surface area contributed by atoms with Gasteiger partial charge >= 0.3 is 0 Å². The number of nitrogens with zero attached hydrogens (tertiary/aromatic N) is 1. The van der Waals surface area contributed by atoms with Crippen molar-refractivity contribution in [3.05, 3.63) is 65.7 Å². The number of ether oxygens (including phenoxy) is 2. The zero-order valence-corrected chi connectivity index (χ0v) is 12.5. The molecule has 0 atom stereocenters. The van der Waals surface area contributed by atoms with Crippen molar-refractivity contribution in [3.8, 4) is 11.5 Å². The molecule has 2 rings (SSSR count). The van der Waals surface area contributed by atoms with Gasteiger partial charge < -0.3 is 9.47 Å². The first kappa shape index (κ1) is 15.1. The van der Waals surface area contributed by atoms with Crippen LogP contribution in [-0.4, -0.2) is 19.9 Å². The normalized spacial score (nSPS) is 10.6. The number of halogens is 1. The second-order valence-corrected chi connectivity index (χ2v) is 4.63. The summed E-state index contributed by atoms with van der Waals surface area (Å²) in [5.41, 5.74) is 1.71. The lowest BCUT2D eigenvalue weighted by atomic mass is 10.2. The fraction of sp³-hybridized carbons (Fsp3) is 0.118. The Bertz CT molecular complexity index is 639. The molecular weight excluding hydrogens is 286 g/mol. The molecule has 3 nitrogen and oxygen atoms in total. The lowest BCUT2D eigenvalue weighted by Gasteiger charge is -2.11. The van der Waals surface area contributed by atoms with E-state index in [1.807, 2.05) is 36.4 Å². The van der Waals surface area contributed by atoms with Crippen LogP contribution in [-0.2, 0) is 0 Å². The third-order valence-corrected chi connectivity index (χ3v) is 3.00. The molecular formula is C17H16ClNO2. The number of methoxy groups -OCH3 is 1. The van der Waals surface area contributed by atoms with Crippen LogP contribution in [0.3, 0.4) is 0 Å². The van der Waals surface area contributed by atoms with Gasteiger partial charge in [-0.05, 0) is 29.8 Å². The van der Waals surface area contributed by atoms with E-state index < -0.39 is 0 Å². The van der Waals surface area contributed by atoms with Crippen LogP contribution < -0.4 is 9.47 Å². The molecule has 0 amide bonds. The topological polar surface area (TPSA) is 30.8 Å². The van der Waals surface area contributed by atoms with Crippen molar-refractivity contribution in [1.82, 2.24) is 0 Å². The van der Waals surface area contributed by atoms with Crippen molar-refractivity contribution >= 4 is 23.5 Å². The summed E-state index contributed by atoms with van der Waals surface area (Å²) >= 11 is 6.23. The summed E-state index contributed by atoms with van der Waals surface area (Å²) in [5.74, 6) is 1.08. The Morgan fingerprint density at radius 3 is 2.67 bits per heavy atom. The van der Waals surface area contributed by atoms with Crippen LogP contribution in [0.15, 0.2) is 60.1 Å². The van der Waals surface area contributed by atoms with E-state index >= 15 is 0 Å². The highest BCUT2D eigenvalue weighted by Gasteiger charge is 2.10. The smallest absolute Gasteiger partial charge is 0.180 e. The van der Waals surface area contributed by atoms with Gasteiger partial charge in [-0.2, -0.15) is 0 Å². The quantitative estimate of drug-likeness (QED) is 0.573. The average molecular weight is 302 g/mol. The average Bonchev–Trinajstić information content (AvgIpc) is 2.52. The van der Waals surface area contributed by atoms with E-state index in [1.165, 1.54) is 0 Å². The van der Waals surface area contributed by atoms with Crippen LogP contribution in [0.4, 0.5) is 5.69 Å². The summed E-state index contributed by atoms with van der Waals surface area (Å²) in [7, 11) is 1.57. The molecule has 0 N–H and O–H groups in total. The van der Waals surface area contributed by atoms with Gasteiger partial charge in [0, 0.05) is 6.21 Å². The Morgan fingerprint density at radius 2 is 2.00 bits per heavy atom. The maximum Gasteiger partial charge on any atom is 0.180 e. The summed E-state index contributed by atoms with van der Waals surface area (Å²) in [6, 6.07) is 13.3. The van der Waals surface area contributed by atoms with Gasteiger partial charge in [-0.15, -0.1) is 0 Å². The predicted octanol–water partition coefficient (Wildman–Crippen LogP) is 4.66. The molecule has 0 aliphatic heterocycles. The second-order valence-electron chi connectivity index (χ2n) is 4.23. The molecule has 0 saturated heterocycles. The summed E-state index contributed by atoms with van der Waals surface area (Å²) < 4.78 is 10.8. The van der Waals surface area contributed by atoms with Crippen molar-refractivity contribution in [1.29, 1.82) is 0 Å². The maximum absolute atomic E-state index is 6.23. The molecule has 0 heterocycles. The minimum Gasteiger partial charge on any atom is -0.493 e. The van der Waals surface area contributed by atoms with Gasteiger partial charge in [-0.3, -0.25) is 4.99 Å². The molecule has 0 aliphatic carbocycles. The van der Waals surface area contributed by atoms with Crippen molar-refractivity contribution in [2.75, 3.05) is 13.7 Å². The van der Waals surface area contributed by atoms with Crippen LogP contribution in [0.2, 0.25) is 5.02 Å². The van der Waals surface area contributed by atoms with Crippen LogP contribution >= 0.6 is 11.6 Å². The fourth-order valence-electron chi connectivity index (χ4n) is 1.76. The van der Waals surface area contributed by atoms with E-state index in [-0.39, 0.29) is 0 Å². The number of hydrogen-bond acceptors (Lipinski definition) is 3. The Morgan fingerprint density at radius 1 is 1.24 bits per heavy atom. The molecule has 0 unspecified atom stereocenters. The Kier molecular flexibility index (Phi) is 5.41. The Balaban J connectivity index is 2.27. The van der Waals surface area contributed by atoms with Gasteiger partial charge in [0.1, 0.15) is 6.61 Å². The molecule has 0 radical (unpaired) electrons. The number of para-hydroxylation sites is 1. The third kappa shape index (κ3) is 4.10. The molecule has 0 aromatic heterocycles. The minimum absolute atomic E-state index is 0.369. The van der Waals surface area contributed by atoms with Crippen molar-refractivity contribution in [2.45, 2.75) is 0 Å². The molecule has 0 bridgehead atoms. The molecule has 0 spiro atoms.